The predicted molar refractivity (Wildman–Crippen MR) is 113 cm³/mol. The van der Waals surface area contributed by atoms with Crippen LogP contribution in [0.1, 0.15) is 5.69 Å². The van der Waals surface area contributed by atoms with E-state index in [0.29, 0.717) is 0 Å². The van der Waals surface area contributed by atoms with Gasteiger partial charge in [0.1, 0.15) is 10.7 Å². The van der Waals surface area contributed by atoms with Gasteiger partial charge in [-0.15, -0.1) is 11.3 Å². The summed E-state index contributed by atoms with van der Waals surface area (Å²) in [7, 11) is 2.05. The van der Waals surface area contributed by atoms with Crippen molar-refractivity contribution in [3.05, 3.63) is 72.9 Å². The number of aromatic nitrogens is 5. The molecule has 5 rings (SSSR count). The Bertz CT molecular complexity index is 1270. The highest BCUT2D eigenvalue weighted by Crippen LogP contribution is 2.38. The van der Waals surface area contributed by atoms with E-state index in [2.05, 4.69) is 32.9 Å². The average Bonchev–Trinajstić information content (AvgIpc) is 3.32. The van der Waals surface area contributed by atoms with Crippen molar-refractivity contribution in [3.8, 4) is 32.5 Å². The first-order chi connectivity index (χ1) is 13.7. The van der Waals surface area contributed by atoms with E-state index in [1.165, 1.54) is 0 Å². The van der Waals surface area contributed by atoms with E-state index in [1.54, 1.807) is 23.7 Å². The highest BCUT2D eigenvalue weighted by Gasteiger charge is 2.18. The first kappa shape index (κ1) is 16.8. The van der Waals surface area contributed by atoms with Crippen LogP contribution in [-0.4, -0.2) is 24.5 Å². The summed E-state index contributed by atoms with van der Waals surface area (Å²) in [6.45, 7) is 2.04. The number of hydrogen-bond acceptors (Lipinski definition) is 5. The molecule has 0 fully saturated rings. The fourth-order valence-corrected chi connectivity index (χ4v) is 4.40. The van der Waals surface area contributed by atoms with E-state index in [0.717, 1.165) is 49.1 Å². The molecule has 6 heteroatoms. The van der Waals surface area contributed by atoms with Crippen LogP contribution in [0.25, 0.3) is 43.4 Å². The molecule has 5 heterocycles. The number of pyridine rings is 3. The van der Waals surface area contributed by atoms with Crippen molar-refractivity contribution in [2.45, 2.75) is 6.92 Å². The lowest BCUT2D eigenvalue weighted by atomic mass is 10.1. The summed E-state index contributed by atoms with van der Waals surface area (Å²) < 4.78 is 2.11. The lowest BCUT2D eigenvalue weighted by molar-refractivity contribution is 0.966. The third-order valence-electron chi connectivity index (χ3n) is 4.70. The van der Waals surface area contributed by atoms with Crippen molar-refractivity contribution in [2.75, 3.05) is 0 Å². The van der Waals surface area contributed by atoms with Gasteiger partial charge in [-0.3, -0.25) is 9.97 Å². The normalized spacial score (nSPS) is 11.2. The van der Waals surface area contributed by atoms with E-state index in [-0.39, 0.29) is 0 Å². The molecule has 5 aromatic heterocycles. The Morgan fingerprint density at radius 1 is 0.964 bits per heavy atom. The standard InChI is InChI=1S/C22H17N5S/c1-14-21(28-22(25-14)16-6-5-9-23-13-16)19-20-15(8-11-27(20)2)12-18(26-19)17-7-3-4-10-24-17/h3-13H,1-2H3. The van der Waals surface area contributed by atoms with Crippen LogP contribution in [-0.2, 0) is 7.05 Å². The van der Waals surface area contributed by atoms with Crippen molar-refractivity contribution < 1.29 is 0 Å². The van der Waals surface area contributed by atoms with Gasteiger partial charge in [0.2, 0.25) is 0 Å². The Morgan fingerprint density at radius 2 is 1.89 bits per heavy atom. The Kier molecular flexibility index (Phi) is 3.98. The summed E-state index contributed by atoms with van der Waals surface area (Å²) in [5.41, 5.74) is 5.76. The second-order valence-corrected chi connectivity index (χ2v) is 7.61. The number of thiazole rings is 1. The molecule has 0 atom stereocenters. The molecule has 0 unspecified atom stereocenters. The molecule has 5 nitrogen and oxygen atoms in total. The van der Waals surface area contributed by atoms with Crippen LogP contribution in [0.15, 0.2) is 67.3 Å². The number of rotatable bonds is 3. The topological polar surface area (TPSA) is 56.5 Å². The molecule has 0 aliphatic rings. The molecule has 0 amide bonds. The quantitative estimate of drug-likeness (QED) is 0.433. The molecule has 0 N–H and O–H groups in total. The zero-order chi connectivity index (χ0) is 19.1. The van der Waals surface area contributed by atoms with Crippen molar-refractivity contribution in [3.63, 3.8) is 0 Å². The fraction of sp³-hybridized carbons (Fsp3) is 0.0909. The van der Waals surface area contributed by atoms with E-state index >= 15 is 0 Å². The third kappa shape index (κ3) is 2.78. The third-order valence-corrected chi connectivity index (χ3v) is 5.91. The fourth-order valence-electron chi connectivity index (χ4n) is 3.36. The number of nitrogens with zero attached hydrogens (tertiary/aromatic N) is 5. The lowest BCUT2D eigenvalue weighted by Crippen LogP contribution is -1.95. The van der Waals surface area contributed by atoms with Crippen LogP contribution < -0.4 is 0 Å². The van der Waals surface area contributed by atoms with Crippen LogP contribution in [0.4, 0.5) is 0 Å². The average molecular weight is 383 g/mol. The molecular formula is C22H17N5S. The molecule has 0 aromatic carbocycles. The summed E-state index contributed by atoms with van der Waals surface area (Å²) in [5.74, 6) is 0. The van der Waals surface area contributed by atoms with Gasteiger partial charge in [-0.2, -0.15) is 0 Å². The Hall–Kier alpha value is -3.38. The number of aryl methyl sites for hydroxylation is 2. The molecule has 5 aromatic rings. The summed E-state index contributed by atoms with van der Waals surface area (Å²) in [4.78, 5) is 19.6. The molecule has 28 heavy (non-hydrogen) atoms. The predicted octanol–water partition coefficient (Wildman–Crippen LogP) is 5.13. The zero-order valence-corrected chi connectivity index (χ0v) is 16.3. The monoisotopic (exact) mass is 383 g/mol. The smallest absolute Gasteiger partial charge is 0.125 e. The van der Waals surface area contributed by atoms with Gasteiger partial charge in [0, 0.05) is 42.8 Å². The maximum absolute atomic E-state index is 5.01. The highest BCUT2D eigenvalue weighted by molar-refractivity contribution is 7.18. The van der Waals surface area contributed by atoms with E-state index in [4.69, 9.17) is 9.97 Å². The summed E-state index contributed by atoms with van der Waals surface area (Å²) in [6.07, 6.45) is 7.48. The molecule has 0 spiro atoms. The van der Waals surface area contributed by atoms with Crippen molar-refractivity contribution in [1.82, 2.24) is 24.5 Å². The van der Waals surface area contributed by atoms with E-state index in [9.17, 15) is 0 Å². The maximum atomic E-state index is 5.01. The van der Waals surface area contributed by atoms with Crippen molar-refractivity contribution in [1.29, 1.82) is 0 Å². The van der Waals surface area contributed by atoms with Crippen LogP contribution in [0.3, 0.4) is 0 Å². The second-order valence-electron chi connectivity index (χ2n) is 6.61. The Labute approximate surface area is 166 Å². The highest BCUT2D eigenvalue weighted by atomic mass is 32.1. The molecular weight excluding hydrogens is 366 g/mol. The van der Waals surface area contributed by atoms with Crippen LogP contribution in [0, 0.1) is 6.92 Å². The molecule has 0 aliphatic carbocycles. The zero-order valence-electron chi connectivity index (χ0n) is 15.5. The SMILES string of the molecule is Cc1nc(-c2cccnc2)sc1-c1nc(-c2ccccn2)cc2ccn(C)c12. The van der Waals surface area contributed by atoms with Gasteiger partial charge in [-0.25, -0.2) is 9.97 Å². The minimum absolute atomic E-state index is 0.865. The minimum atomic E-state index is 0.865. The molecule has 136 valence electrons. The number of hydrogen-bond donors (Lipinski definition) is 0. The van der Waals surface area contributed by atoms with Crippen molar-refractivity contribution >= 4 is 22.2 Å². The largest absolute Gasteiger partial charge is 0.349 e. The molecule has 0 aliphatic heterocycles. The minimum Gasteiger partial charge on any atom is -0.349 e. The Balaban J connectivity index is 1.75. The van der Waals surface area contributed by atoms with Crippen molar-refractivity contribution in [2.24, 2.45) is 7.05 Å². The van der Waals surface area contributed by atoms with Crippen LogP contribution in [0.5, 0.6) is 0 Å². The molecule has 0 saturated heterocycles. The molecule has 0 saturated carbocycles. The molecule has 0 radical (unpaired) electrons. The van der Waals surface area contributed by atoms with Gasteiger partial charge in [-0.05, 0) is 43.3 Å². The van der Waals surface area contributed by atoms with E-state index < -0.39 is 0 Å². The molecule has 0 bridgehead atoms. The van der Waals surface area contributed by atoms with Gasteiger partial charge in [0.05, 0.1) is 27.5 Å². The Morgan fingerprint density at radius 3 is 2.68 bits per heavy atom. The summed E-state index contributed by atoms with van der Waals surface area (Å²) >= 11 is 1.65. The van der Waals surface area contributed by atoms with Gasteiger partial charge in [-0.1, -0.05) is 6.07 Å². The summed E-state index contributed by atoms with van der Waals surface area (Å²) in [6, 6.07) is 14.1. The summed E-state index contributed by atoms with van der Waals surface area (Å²) in [5, 5.41) is 2.09. The van der Waals surface area contributed by atoms with Gasteiger partial charge >= 0.3 is 0 Å². The van der Waals surface area contributed by atoms with Gasteiger partial charge in [0.15, 0.2) is 0 Å². The second kappa shape index (κ2) is 6.65. The van der Waals surface area contributed by atoms with Gasteiger partial charge < -0.3 is 4.57 Å². The van der Waals surface area contributed by atoms with Gasteiger partial charge in [0.25, 0.3) is 0 Å². The lowest BCUT2D eigenvalue weighted by Gasteiger charge is -2.08. The van der Waals surface area contributed by atoms with Crippen LogP contribution in [0.2, 0.25) is 0 Å². The first-order valence-corrected chi connectivity index (χ1v) is 9.78. The van der Waals surface area contributed by atoms with Crippen LogP contribution >= 0.6 is 11.3 Å². The number of fused-ring (bicyclic) bond motifs is 1. The van der Waals surface area contributed by atoms with E-state index in [1.807, 2.05) is 50.5 Å². The maximum Gasteiger partial charge on any atom is 0.125 e. The first-order valence-electron chi connectivity index (χ1n) is 8.96.